The molecule has 0 bridgehead atoms. The predicted molar refractivity (Wildman–Crippen MR) is 96.2 cm³/mol. The molecule has 2 N–H and O–H groups in total. The summed E-state index contributed by atoms with van der Waals surface area (Å²) in [6.45, 7) is 0. The molecule has 0 atom stereocenters. The van der Waals surface area contributed by atoms with Crippen LogP contribution in [0.2, 0.25) is 10.0 Å². The summed E-state index contributed by atoms with van der Waals surface area (Å²) in [6.07, 6.45) is 1.50. The lowest BCUT2D eigenvalue weighted by atomic mass is 10.3. The molecule has 5 nitrogen and oxygen atoms in total. The SMILES string of the molecule is O=C(Nc1cccc(Cl)c1)c1ccnc(Nc2ccccc2Cl)n1. The van der Waals surface area contributed by atoms with Crippen LogP contribution in [-0.4, -0.2) is 15.9 Å². The van der Waals surface area contributed by atoms with Crippen molar-refractivity contribution in [3.8, 4) is 0 Å². The number of hydrogen-bond donors (Lipinski definition) is 2. The maximum Gasteiger partial charge on any atom is 0.274 e. The third-order valence-electron chi connectivity index (χ3n) is 3.09. The van der Waals surface area contributed by atoms with Gasteiger partial charge in [0.15, 0.2) is 0 Å². The van der Waals surface area contributed by atoms with Gasteiger partial charge in [-0.25, -0.2) is 9.97 Å². The van der Waals surface area contributed by atoms with Crippen LogP contribution in [0.25, 0.3) is 0 Å². The number of aromatic nitrogens is 2. The Morgan fingerprint density at radius 1 is 1.00 bits per heavy atom. The van der Waals surface area contributed by atoms with E-state index in [9.17, 15) is 4.79 Å². The highest BCUT2D eigenvalue weighted by molar-refractivity contribution is 6.33. The average molecular weight is 359 g/mol. The number of carbonyl (C=O) groups excluding carboxylic acids is 1. The second-order valence-corrected chi connectivity index (χ2v) is 5.68. The van der Waals surface area contributed by atoms with Crippen molar-refractivity contribution in [2.45, 2.75) is 0 Å². The third-order valence-corrected chi connectivity index (χ3v) is 3.66. The predicted octanol–water partition coefficient (Wildman–Crippen LogP) is 4.78. The number of amides is 1. The zero-order valence-corrected chi connectivity index (χ0v) is 13.8. The van der Waals surface area contributed by atoms with Crippen LogP contribution in [0.4, 0.5) is 17.3 Å². The monoisotopic (exact) mass is 358 g/mol. The van der Waals surface area contributed by atoms with Gasteiger partial charge in [-0.05, 0) is 36.4 Å². The molecule has 1 amide bonds. The number of hydrogen-bond acceptors (Lipinski definition) is 4. The van der Waals surface area contributed by atoms with Crippen molar-refractivity contribution in [1.82, 2.24) is 9.97 Å². The van der Waals surface area contributed by atoms with Crippen LogP contribution in [0.3, 0.4) is 0 Å². The van der Waals surface area contributed by atoms with E-state index in [1.165, 1.54) is 12.3 Å². The highest BCUT2D eigenvalue weighted by Gasteiger charge is 2.10. The van der Waals surface area contributed by atoms with E-state index in [4.69, 9.17) is 23.2 Å². The van der Waals surface area contributed by atoms with Crippen molar-refractivity contribution >= 4 is 46.4 Å². The Labute approximate surface area is 148 Å². The molecule has 0 radical (unpaired) electrons. The Bertz CT molecular complexity index is 886. The Kier molecular flexibility index (Phi) is 4.93. The minimum atomic E-state index is -0.359. The van der Waals surface area contributed by atoms with Gasteiger partial charge < -0.3 is 10.6 Å². The number of nitrogens with one attached hydrogen (secondary N) is 2. The lowest BCUT2D eigenvalue weighted by Gasteiger charge is -2.08. The second kappa shape index (κ2) is 7.29. The quantitative estimate of drug-likeness (QED) is 0.704. The Balaban J connectivity index is 1.77. The molecule has 7 heteroatoms. The van der Waals surface area contributed by atoms with Gasteiger partial charge >= 0.3 is 0 Å². The first-order valence-electron chi connectivity index (χ1n) is 7.03. The normalized spacial score (nSPS) is 10.2. The van der Waals surface area contributed by atoms with Gasteiger partial charge in [-0.3, -0.25) is 4.79 Å². The molecule has 0 saturated carbocycles. The molecule has 0 fully saturated rings. The Hall–Kier alpha value is -2.63. The van der Waals surface area contributed by atoms with Gasteiger partial charge in [0.05, 0.1) is 10.7 Å². The Morgan fingerprint density at radius 2 is 1.83 bits per heavy atom. The molecule has 3 aromatic rings. The molecule has 0 unspecified atom stereocenters. The number of carbonyl (C=O) groups is 1. The minimum absolute atomic E-state index is 0.222. The van der Waals surface area contributed by atoms with Gasteiger partial charge in [-0.1, -0.05) is 41.4 Å². The van der Waals surface area contributed by atoms with E-state index in [2.05, 4.69) is 20.6 Å². The minimum Gasteiger partial charge on any atom is -0.323 e. The lowest BCUT2D eigenvalue weighted by Crippen LogP contribution is -2.14. The topological polar surface area (TPSA) is 66.9 Å². The number of benzene rings is 2. The molecule has 24 heavy (non-hydrogen) atoms. The number of nitrogens with zero attached hydrogens (tertiary/aromatic N) is 2. The van der Waals surface area contributed by atoms with Crippen molar-refractivity contribution in [3.05, 3.63) is 76.5 Å². The van der Waals surface area contributed by atoms with Gasteiger partial charge in [-0.15, -0.1) is 0 Å². The van der Waals surface area contributed by atoms with Crippen LogP contribution in [0.5, 0.6) is 0 Å². The summed E-state index contributed by atoms with van der Waals surface area (Å²) < 4.78 is 0. The van der Waals surface area contributed by atoms with Crippen LogP contribution >= 0.6 is 23.2 Å². The van der Waals surface area contributed by atoms with Crippen LogP contribution in [0, 0.1) is 0 Å². The highest BCUT2D eigenvalue weighted by atomic mass is 35.5. The number of para-hydroxylation sites is 1. The largest absolute Gasteiger partial charge is 0.323 e. The van der Waals surface area contributed by atoms with Gasteiger partial charge in [0, 0.05) is 16.9 Å². The first-order valence-corrected chi connectivity index (χ1v) is 7.79. The van der Waals surface area contributed by atoms with Crippen molar-refractivity contribution in [1.29, 1.82) is 0 Å². The molecule has 2 aromatic carbocycles. The van der Waals surface area contributed by atoms with Crippen molar-refractivity contribution in [3.63, 3.8) is 0 Å². The molecule has 0 spiro atoms. The van der Waals surface area contributed by atoms with Crippen LogP contribution in [0.1, 0.15) is 10.5 Å². The van der Waals surface area contributed by atoms with E-state index in [0.717, 1.165) is 0 Å². The first kappa shape index (κ1) is 16.2. The summed E-state index contributed by atoms with van der Waals surface area (Å²) in [7, 11) is 0. The van der Waals surface area contributed by atoms with Gasteiger partial charge in [0.1, 0.15) is 5.69 Å². The van der Waals surface area contributed by atoms with E-state index in [0.29, 0.717) is 21.4 Å². The molecule has 3 rings (SSSR count). The fraction of sp³-hybridized carbons (Fsp3) is 0. The summed E-state index contributed by atoms with van der Waals surface area (Å²) in [5.74, 6) is -0.0799. The van der Waals surface area contributed by atoms with Crippen LogP contribution in [-0.2, 0) is 0 Å². The van der Waals surface area contributed by atoms with Crippen LogP contribution < -0.4 is 10.6 Å². The summed E-state index contributed by atoms with van der Waals surface area (Å²) >= 11 is 12.0. The van der Waals surface area contributed by atoms with Gasteiger partial charge in [-0.2, -0.15) is 0 Å². The Morgan fingerprint density at radius 3 is 2.62 bits per heavy atom. The maximum atomic E-state index is 12.3. The molecule has 0 aliphatic carbocycles. The van der Waals surface area contributed by atoms with E-state index in [-0.39, 0.29) is 17.5 Å². The number of anilines is 3. The fourth-order valence-corrected chi connectivity index (χ4v) is 2.36. The average Bonchev–Trinajstić information content (AvgIpc) is 2.57. The first-order chi connectivity index (χ1) is 11.6. The molecule has 0 aliphatic heterocycles. The lowest BCUT2D eigenvalue weighted by molar-refractivity contribution is 0.102. The highest BCUT2D eigenvalue weighted by Crippen LogP contribution is 2.23. The van der Waals surface area contributed by atoms with E-state index in [1.807, 2.05) is 12.1 Å². The molecule has 0 saturated heterocycles. The fourth-order valence-electron chi connectivity index (χ4n) is 1.99. The maximum absolute atomic E-state index is 12.3. The molecular formula is C17H12Cl2N4O. The van der Waals surface area contributed by atoms with Crippen molar-refractivity contribution < 1.29 is 4.79 Å². The molecule has 120 valence electrons. The van der Waals surface area contributed by atoms with Crippen LogP contribution in [0.15, 0.2) is 60.8 Å². The molecule has 0 aliphatic rings. The summed E-state index contributed by atoms with van der Waals surface area (Å²) in [4.78, 5) is 20.6. The van der Waals surface area contributed by atoms with Crippen molar-refractivity contribution in [2.24, 2.45) is 0 Å². The molecular weight excluding hydrogens is 347 g/mol. The van der Waals surface area contributed by atoms with Gasteiger partial charge in [0.2, 0.25) is 5.95 Å². The number of rotatable bonds is 4. The zero-order valence-electron chi connectivity index (χ0n) is 12.3. The second-order valence-electron chi connectivity index (χ2n) is 4.83. The smallest absolute Gasteiger partial charge is 0.274 e. The zero-order chi connectivity index (χ0) is 16.9. The molecule has 1 aromatic heterocycles. The summed E-state index contributed by atoms with van der Waals surface area (Å²) in [5, 5.41) is 6.79. The van der Waals surface area contributed by atoms with Crippen molar-refractivity contribution in [2.75, 3.05) is 10.6 Å². The number of halogens is 2. The van der Waals surface area contributed by atoms with Gasteiger partial charge in [0.25, 0.3) is 5.91 Å². The van der Waals surface area contributed by atoms with E-state index >= 15 is 0 Å². The van der Waals surface area contributed by atoms with E-state index in [1.54, 1.807) is 36.4 Å². The standard InChI is InChI=1S/C17H12Cl2N4O/c18-11-4-3-5-12(10-11)21-16(24)15-8-9-20-17(23-15)22-14-7-2-1-6-13(14)19/h1-10H,(H,21,24)(H,20,22,23). The summed E-state index contributed by atoms with van der Waals surface area (Å²) in [5.41, 5.74) is 1.47. The third kappa shape index (κ3) is 4.01. The van der Waals surface area contributed by atoms with E-state index < -0.39 is 0 Å². The molecule has 1 heterocycles. The summed E-state index contributed by atoms with van der Waals surface area (Å²) in [6, 6.07) is 15.6.